The predicted molar refractivity (Wildman–Crippen MR) is 26.5 cm³/mol. The highest BCUT2D eigenvalue weighted by molar-refractivity contribution is 7.13. The number of hydrogen-bond acceptors (Lipinski definition) is 2. The summed E-state index contributed by atoms with van der Waals surface area (Å²) in [5, 5.41) is 2.72. The van der Waals surface area contributed by atoms with Crippen molar-refractivity contribution in [3.8, 4) is 0 Å². The van der Waals surface area contributed by atoms with Crippen LogP contribution in [0.15, 0.2) is 0 Å². The fourth-order valence-electron chi connectivity index (χ4n) is 0. The van der Waals surface area contributed by atoms with E-state index >= 15 is 0 Å². The highest BCUT2D eigenvalue weighted by Gasteiger charge is 1.76. The van der Waals surface area contributed by atoms with Crippen LogP contribution in [0.5, 0.6) is 0 Å². The van der Waals surface area contributed by atoms with Crippen LogP contribution in [-0.4, -0.2) is 6.17 Å². The molecule has 3 heteroatoms. The summed E-state index contributed by atoms with van der Waals surface area (Å²) < 4.78 is 0. The molecule has 0 bridgehead atoms. The zero-order valence-corrected chi connectivity index (χ0v) is 4.39. The Balaban J connectivity index is 2.54. The Morgan fingerprint density at radius 1 is 2.00 bits per heavy atom. The average Bonchev–Trinajstić information content (AvgIpc) is 1.38. The Morgan fingerprint density at radius 2 is 2.20 bits per heavy atom. The molecule has 32 valence electrons. The van der Waals surface area contributed by atoms with Gasteiger partial charge in [0.1, 0.15) is 0 Å². The van der Waals surface area contributed by atoms with E-state index in [1.807, 2.05) is 6.92 Å². The molecule has 0 rings (SSSR count). The first-order chi connectivity index (χ1) is 2.27. The first-order valence-corrected chi connectivity index (χ1v) is 2.07. The molecule has 0 heterocycles. The van der Waals surface area contributed by atoms with Gasteiger partial charge < -0.3 is 5.73 Å². The lowest BCUT2D eigenvalue weighted by atomic mass is 10.7. The molecule has 0 aliphatic heterocycles. The third kappa shape index (κ3) is 4.35. The van der Waals surface area contributed by atoms with Gasteiger partial charge in [0, 0.05) is 0 Å². The molecule has 0 fully saturated rings. The third-order valence-electron chi connectivity index (χ3n) is 0.263. The molecule has 0 saturated heterocycles. The van der Waals surface area contributed by atoms with Crippen molar-refractivity contribution in [1.29, 1.82) is 0 Å². The van der Waals surface area contributed by atoms with Crippen molar-refractivity contribution < 1.29 is 0 Å². The summed E-state index contributed by atoms with van der Waals surface area (Å²) in [5.74, 6) is 0. The minimum atomic E-state index is 0.0972. The van der Waals surface area contributed by atoms with Gasteiger partial charge in [0.15, 0.2) is 0 Å². The predicted octanol–water partition coefficient (Wildman–Crippen LogP) is -0.329. The lowest BCUT2D eigenvalue weighted by Crippen LogP contribution is -2.25. The maximum absolute atomic E-state index is 5.16. The molecule has 0 aromatic carbocycles. The van der Waals surface area contributed by atoms with Gasteiger partial charge in [-0.2, -0.15) is 0 Å². The smallest absolute Gasteiger partial charge is 0.0546 e. The Hall–Kier alpha value is 0.350. The van der Waals surface area contributed by atoms with Gasteiger partial charge in [-0.3, -0.25) is 5.09 Å². The molecule has 5 heavy (non-hydrogen) atoms. The van der Waals surface area contributed by atoms with E-state index in [4.69, 9.17) is 5.73 Å². The second-order valence-corrected chi connectivity index (χ2v) is 1.29. The summed E-state index contributed by atoms with van der Waals surface area (Å²) >= 11 is 0. The van der Waals surface area contributed by atoms with Crippen LogP contribution in [0.3, 0.4) is 0 Å². The molecule has 3 N–H and O–H groups in total. The highest BCUT2D eigenvalue weighted by Crippen LogP contribution is 1.68. The van der Waals surface area contributed by atoms with Crippen LogP contribution in [0.2, 0.25) is 0 Å². The number of nitrogens with two attached hydrogens (primary N) is 1. The van der Waals surface area contributed by atoms with Crippen molar-refractivity contribution in [2.24, 2.45) is 5.73 Å². The first-order valence-electron chi connectivity index (χ1n) is 1.49. The number of hydrogen-bond donors (Lipinski definition) is 2. The minimum absolute atomic E-state index is 0.0972. The van der Waals surface area contributed by atoms with Gasteiger partial charge >= 0.3 is 0 Å². The van der Waals surface area contributed by atoms with Crippen LogP contribution in [-0.2, 0) is 0 Å². The van der Waals surface area contributed by atoms with Crippen LogP contribution < -0.4 is 10.8 Å². The van der Waals surface area contributed by atoms with Gasteiger partial charge in [0.2, 0.25) is 0 Å². The van der Waals surface area contributed by atoms with Crippen LogP contribution in [0.4, 0.5) is 0 Å². The Morgan fingerprint density at radius 3 is 2.20 bits per heavy atom. The molecule has 0 saturated carbocycles. The quantitative estimate of drug-likeness (QED) is 0.343. The van der Waals surface area contributed by atoms with Gasteiger partial charge in [-0.1, -0.05) is 9.39 Å². The lowest BCUT2D eigenvalue weighted by molar-refractivity contribution is 0.733. The van der Waals surface area contributed by atoms with Crippen molar-refractivity contribution in [1.82, 2.24) is 5.09 Å². The van der Waals surface area contributed by atoms with Gasteiger partial charge in [-0.15, -0.1) is 0 Å². The number of nitrogens with one attached hydrogen (secondary N) is 1. The molecule has 2 atom stereocenters. The van der Waals surface area contributed by atoms with Crippen molar-refractivity contribution in [3.05, 3.63) is 0 Å². The van der Waals surface area contributed by atoms with E-state index in [-0.39, 0.29) is 6.17 Å². The van der Waals surface area contributed by atoms with E-state index in [2.05, 4.69) is 14.5 Å². The van der Waals surface area contributed by atoms with E-state index in [9.17, 15) is 0 Å². The summed E-state index contributed by atoms with van der Waals surface area (Å²) in [7, 11) is 2.32. The monoisotopic (exact) mass is 92.1 g/mol. The largest absolute Gasteiger partial charge is 0.316 e. The summed E-state index contributed by atoms with van der Waals surface area (Å²) in [6.07, 6.45) is 0.0972. The molecule has 0 aromatic heterocycles. The lowest BCUT2D eigenvalue weighted by Gasteiger charge is -1.95. The van der Waals surface area contributed by atoms with E-state index < -0.39 is 0 Å². The van der Waals surface area contributed by atoms with E-state index in [0.717, 1.165) is 0 Å². The van der Waals surface area contributed by atoms with Crippen molar-refractivity contribution in [2.45, 2.75) is 13.1 Å². The van der Waals surface area contributed by atoms with Crippen LogP contribution in [0, 0.1) is 0 Å². The standard InChI is InChI=1S/C2H9N2P/c1-2(3)4-5/h2,4H,3,5H2,1H3. The normalized spacial score (nSPS) is 15.0. The van der Waals surface area contributed by atoms with Gasteiger partial charge in [-0.05, 0) is 6.92 Å². The van der Waals surface area contributed by atoms with Gasteiger partial charge in [0.25, 0.3) is 0 Å². The molecule has 0 spiro atoms. The Labute approximate surface area is 34.4 Å². The van der Waals surface area contributed by atoms with Crippen molar-refractivity contribution >= 4 is 9.39 Å². The minimum Gasteiger partial charge on any atom is -0.316 e. The molecule has 0 radical (unpaired) electrons. The zero-order chi connectivity index (χ0) is 4.28. The second kappa shape index (κ2) is 2.58. The zero-order valence-electron chi connectivity index (χ0n) is 3.23. The SMILES string of the molecule is CC(N)NP. The van der Waals surface area contributed by atoms with Gasteiger partial charge in [0.05, 0.1) is 6.17 Å². The Kier molecular flexibility index (Phi) is 2.76. The van der Waals surface area contributed by atoms with E-state index in [0.29, 0.717) is 0 Å². The number of rotatable bonds is 1. The molecular weight excluding hydrogens is 83.0 g/mol. The van der Waals surface area contributed by atoms with Crippen molar-refractivity contribution in [3.63, 3.8) is 0 Å². The first kappa shape index (κ1) is 5.35. The highest BCUT2D eigenvalue weighted by atomic mass is 31.0. The maximum atomic E-state index is 5.16. The van der Waals surface area contributed by atoms with Crippen LogP contribution in [0.1, 0.15) is 6.92 Å². The fourth-order valence-corrected chi connectivity index (χ4v) is 0. The summed E-state index contributed by atoms with van der Waals surface area (Å²) in [5.41, 5.74) is 5.16. The summed E-state index contributed by atoms with van der Waals surface area (Å²) in [4.78, 5) is 0. The Bertz CT molecular complexity index is 21.6. The molecule has 2 unspecified atom stereocenters. The molecular formula is C2H9N2P. The van der Waals surface area contributed by atoms with E-state index in [1.165, 1.54) is 0 Å². The second-order valence-electron chi connectivity index (χ2n) is 0.955. The van der Waals surface area contributed by atoms with E-state index in [1.54, 1.807) is 0 Å². The molecule has 0 aliphatic carbocycles. The van der Waals surface area contributed by atoms with Crippen LogP contribution >= 0.6 is 9.39 Å². The molecule has 0 aliphatic rings. The third-order valence-corrected chi connectivity index (χ3v) is 0.789. The topological polar surface area (TPSA) is 38.0 Å². The van der Waals surface area contributed by atoms with Crippen LogP contribution in [0.25, 0.3) is 0 Å². The molecule has 2 nitrogen and oxygen atoms in total. The molecule has 0 aromatic rings. The van der Waals surface area contributed by atoms with Crippen molar-refractivity contribution in [2.75, 3.05) is 0 Å². The average molecular weight is 92.1 g/mol. The fraction of sp³-hybridized carbons (Fsp3) is 1.00. The summed E-state index contributed by atoms with van der Waals surface area (Å²) in [6.45, 7) is 1.87. The molecule has 0 amide bonds. The summed E-state index contributed by atoms with van der Waals surface area (Å²) in [6, 6.07) is 0. The van der Waals surface area contributed by atoms with Gasteiger partial charge in [-0.25, -0.2) is 0 Å². The maximum Gasteiger partial charge on any atom is 0.0546 e.